The van der Waals surface area contributed by atoms with Crippen molar-refractivity contribution >= 4 is 21.8 Å². The average Bonchev–Trinajstić information content (AvgIpc) is 3.52. The fraction of sp³-hybridized carbons (Fsp3) is 0.143. The second-order valence-electron chi connectivity index (χ2n) is 12.2. The summed E-state index contributed by atoms with van der Waals surface area (Å²) in [7, 11) is 0. The number of aromatic nitrogens is 1. The summed E-state index contributed by atoms with van der Waals surface area (Å²) in [6.45, 7) is 6.87. The fourth-order valence-electron chi connectivity index (χ4n) is 7.89. The van der Waals surface area contributed by atoms with Crippen molar-refractivity contribution in [3.05, 3.63) is 161 Å². The standard InChI is InChI=1S/C42H35N/c1-4-42(38-17-9-5-13-34(38)35-14-6-10-18-39(35)42)27-30-21-23-32(28(2)25-30)33-24-22-31(26-29(33)3)43-40-19-11-7-15-36(40)37-16-8-12-20-41(37)43/h5-26H,4,27H2,1-3H3. The highest BCUT2D eigenvalue weighted by Gasteiger charge is 2.41. The molecule has 0 N–H and O–H groups in total. The largest absolute Gasteiger partial charge is 0.309 e. The van der Waals surface area contributed by atoms with Crippen LogP contribution in [0, 0.1) is 13.8 Å². The SMILES string of the molecule is CCC1(Cc2ccc(-c3ccc(-n4c5ccccc5c5ccccc54)cc3C)c(C)c2)c2ccccc2-c2ccccc21. The first-order chi connectivity index (χ1) is 21.1. The van der Waals surface area contributed by atoms with E-state index in [0.29, 0.717) is 0 Å². The van der Waals surface area contributed by atoms with Gasteiger partial charge < -0.3 is 4.57 Å². The van der Waals surface area contributed by atoms with Crippen LogP contribution in [0.2, 0.25) is 0 Å². The summed E-state index contributed by atoms with van der Waals surface area (Å²) in [5, 5.41) is 2.59. The zero-order valence-corrected chi connectivity index (χ0v) is 25.1. The second-order valence-corrected chi connectivity index (χ2v) is 12.2. The molecule has 1 aromatic heterocycles. The quantitative estimate of drug-likeness (QED) is 0.200. The molecule has 1 aliphatic carbocycles. The Bertz CT molecular complexity index is 2080. The van der Waals surface area contributed by atoms with Gasteiger partial charge in [0.05, 0.1) is 11.0 Å². The van der Waals surface area contributed by atoms with Crippen LogP contribution in [0.4, 0.5) is 0 Å². The summed E-state index contributed by atoms with van der Waals surface area (Å²) >= 11 is 0. The minimum Gasteiger partial charge on any atom is -0.309 e. The maximum absolute atomic E-state index is 2.43. The van der Waals surface area contributed by atoms with Gasteiger partial charge in [0.25, 0.3) is 0 Å². The van der Waals surface area contributed by atoms with Crippen LogP contribution in [0.3, 0.4) is 0 Å². The lowest BCUT2D eigenvalue weighted by atomic mass is 9.71. The lowest BCUT2D eigenvalue weighted by molar-refractivity contribution is 0.505. The number of nitrogens with zero attached hydrogens (tertiary/aromatic N) is 1. The van der Waals surface area contributed by atoms with E-state index in [4.69, 9.17) is 0 Å². The Kier molecular flexibility index (Phi) is 5.91. The minimum absolute atomic E-state index is 0.00101. The molecule has 0 atom stereocenters. The van der Waals surface area contributed by atoms with Crippen molar-refractivity contribution in [2.75, 3.05) is 0 Å². The number of aryl methyl sites for hydroxylation is 2. The van der Waals surface area contributed by atoms with Crippen LogP contribution in [0.5, 0.6) is 0 Å². The minimum atomic E-state index is 0.00101. The maximum atomic E-state index is 2.43. The molecule has 0 saturated heterocycles. The third-order valence-electron chi connectivity index (χ3n) is 9.91. The Hall–Kier alpha value is -4.88. The van der Waals surface area contributed by atoms with Gasteiger partial charge in [-0.25, -0.2) is 0 Å². The first-order valence-corrected chi connectivity index (χ1v) is 15.5. The molecule has 1 aliphatic rings. The van der Waals surface area contributed by atoms with Crippen molar-refractivity contribution in [2.45, 2.75) is 39.0 Å². The molecule has 0 fully saturated rings. The van der Waals surface area contributed by atoms with Crippen LogP contribution < -0.4 is 0 Å². The molecule has 1 heteroatoms. The van der Waals surface area contributed by atoms with Crippen LogP contribution >= 0.6 is 0 Å². The smallest absolute Gasteiger partial charge is 0.0541 e. The molecule has 1 nitrogen and oxygen atoms in total. The molecule has 0 spiro atoms. The molecule has 0 radical (unpaired) electrons. The summed E-state index contributed by atoms with van der Waals surface area (Å²) in [6.07, 6.45) is 2.08. The maximum Gasteiger partial charge on any atom is 0.0541 e. The van der Waals surface area contributed by atoms with E-state index in [1.807, 2.05) is 0 Å². The molecule has 7 aromatic rings. The molecule has 43 heavy (non-hydrogen) atoms. The van der Waals surface area contributed by atoms with Crippen molar-refractivity contribution < 1.29 is 0 Å². The lowest BCUT2D eigenvalue weighted by Crippen LogP contribution is -2.27. The summed E-state index contributed by atoms with van der Waals surface area (Å²) < 4.78 is 2.40. The monoisotopic (exact) mass is 553 g/mol. The molecular formula is C42H35N. The third kappa shape index (κ3) is 3.85. The number of fused-ring (bicyclic) bond motifs is 6. The molecule has 6 aromatic carbocycles. The van der Waals surface area contributed by atoms with E-state index >= 15 is 0 Å². The fourth-order valence-corrected chi connectivity index (χ4v) is 7.89. The molecule has 0 bridgehead atoms. The number of hydrogen-bond donors (Lipinski definition) is 0. The van der Waals surface area contributed by atoms with Gasteiger partial charge in [0.2, 0.25) is 0 Å². The number of para-hydroxylation sites is 2. The summed E-state index contributed by atoms with van der Waals surface area (Å²) in [6, 6.07) is 49.6. The zero-order valence-electron chi connectivity index (χ0n) is 25.1. The number of rotatable bonds is 5. The topological polar surface area (TPSA) is 4.93 Å². The van der Waals surface area contributed by atoms with E-state index in [0.717, 1.165) is 12.8 Å². The first-order valence-electron chi connectivity index (χ1n) is 15.5. The van der Waals surface area contributed by atoms with Gasteiger partial charge in [0.1, 0.15) is 0 Å². The van der Waals surface area contributed by atoms with Gasteiger partial charge in [-0.1, -0.05) is 116 Å². The van der Waals surface area contributed by atoms with E-state index in [2.05, 4.69) is 159 Å². The summed E-state index contributed by atoms with van der Waals surface area (Å²) in [5.74, 6) is 0. The van der Waals surface area contributed by atoms with Crippen molar-refractivity contribution in [2.24, 2.45) is 0 Å². The van der Waals surface area contributed by atoms with Crippen LogP contribution in [-0.2, 0) is 11.8 Å². The average molecular weight is 554 g/mol. The second kappa shape index (κ2) is 9.85. The van der Waals surface area contributed by atoms with E-state index in [-0.39, 0.29) is 5.41 Å². The Labute approximate surface area is 254 Å². The van der Waals surface area contributed by atoms with Gasteiger partial charge in [-0.05, 0) is 101 Å². The van der Waals surface area contributed by atoms with E-state index < -0.39 is 0 Å². The molecule has 0 unspecified atom stereocenters. The Balaban J connectivity index is 1.17. The van der Waals surface area contributed by atoms with Crippen molar-refractivity contribution in [3.63, 3.8) is 0 Å². The van der Waals surface area contributed by atoms with Gasteiger partial charge in [-0.2, -0.15) is 0 Å². The Morgan fingerprint density at radius 1 is 0.512 bits per heavy atom. The normalized spacial score (nSPS) is 13.4. The van der Waals surface area contributed by atoms with Gasteiger partial charge in [0, 0.05) is 21.9 Å². The van der Waals surface area contributed by atoms with Gasteiger partial charge in [-0.3, -0.25) is 0 Å². The van der Waals surface area contributed by atoms with E-state index in [9.17, 15) is 0 Å². The van der Waals surface area contributed by atoms with Crippen LogP contribution in [0.15, 0.2) is 133 Å². The van der Waals surface area contributed by atoms with Crippen molar-refractivity contribution in [3.8, 4) is 27.9 Å². The molecule has 208 valence electrons. The molecule has 1 heterocycles. The molecule has 0 amide bonds. The molecule has 0 aliphatic heterocycles. The molecule has 0 saturated carbocycles. The number of benzene rings is 6. The van der Waals surface area contributed by atoms with E-state index in [1.165, 1.54) is 77.6 Å². The highest BCUT2D eigenvalue weighted by atomic mass is 15.0. The van der Waals surface area contributed by atoms with Crippen molar-refractivity contribution in [1.29, 1.82) is 0 Å². The predicted octanol–water partition coefficient (Wildman–Crippen LogP) is 11.0. The zero-order chi connectivity index (χ0) is 29.1. The lowest BCUT2D eigenvalue weighted by Gasteiger charge is -2.31. The van der Waals surface area contributed by atoms with Crippen LogP contribution in [-0.4, -0.2) is 4.57 Å². The van der Waals surface area contributed by atoms with E-state index in [1.54, 1.807) is 0 Å². The Morgan fingerprint density at radius 3 is 1.58 bits per heavy atom. The van der Waals surface area contributed by atoms with Crippen LogP contribution in [0.1, 0.15) is 41.2 Å². The van der Waals surface area contributed by atoms with Gasteiger partial charge in [-0.15, -0.1) is 0 Å². The predicted molar refractivity (Wildman–Crippen MR) is 182 cm³/mol. The summed E-state index contributed by atoms with van der Waals surface area (Å²) in [5.41, 5.74) is 16.1. The first kappa shape index (κ1) is 25.8. The third-order valence-corrected chi connectivity index (χ3v) is 9.91. The van der Waals surface area contributed by atoms with Crippen molar-refractivity contribution in [1.82, 2.24) is 4.57 Å². The molecule has 8 rings (SSSR count). The van der Waals surface area contributed by atoms with Crippen LogP contribution in [0.25, 0.3) is 49.7 Å². The van der Waals surface area contributed by atoms with Gasteiger partial charge >= 0.3 is 0 Å². The highest BCUT2D eigenvalue weighted by molar-refractivity contribution is 6.09. The number of hydrogen-bond acceptors (Lipinski definition) is 0. The highest BCUT2D eigenvalue weighted by Crippen LogP contribution is 2.52. The Morgan fingerprint density at radius 2 is 1.02 bits per heavy atom. The molecular weight excluding hydrogens is 518 g/mol. The summed E-state index contributed by atoms with van der Waals surface area (Å²) in [4.78, 5) is 0. The van der Waals surface area contributed by atoms with Gasteiger partial charge in [0.15, 0.2) is 0 Å².